The van der Waals surface area contributed by atoms with Gasteiger partial charge in [0.2, 0.25) is 0 Å². The van der Waals surface area contributed by atoms with E-state index < -0.39 is 0 Å². The molecule has 1 aromatic heterocycles. The third-order valence-corrected chi connectivity index (χ3v) is 3.01. The van der Waals surface area contributed by atoms with E-state index in [1.165, 1.54) is 5.56 Å². The molecule has 96 valence electrons. The second-order valence-corrected chi connectivity index (χ2v) is 4.47. The van der Waals surface area contributed by atoms with Gasteiger partial charge in [0.1, 0.15) is 17.0 Å². The van der Waals surface area contributed by atoms with E-state index in [0.29, 0.717) is 5.89 Å². The molecule has 0 spiro atoms. The van der Waals surface area contributed by atoms with Crippen molar-refractivity contribution in [3.05, 3.63) is 53.9 Å². The highest BCUT2D eigenvalue weighted by molar-refractivity contribution is 5.74. The highest BCUT2D eigenvalue weighted by Gasteiger charge is 2.05. The molecule has 0 unspecified atom stereocenters. The number of nitrogens with zero attached hydrogens (tertiary/aromatic N) is 1. The fourth-order valence-corrected chi connectivity index (χ4v) is 2.05. The standard InChI is InChI=1S/C16H15NO2/c1-3-12-5-4-6-13(9-12)19-14-7-8-15-16(10-14)18-11(2)17-15/h4-10H,3H2,1-2H3. The Bertz CT molecular complexity index is 716. The molecule has 0 radical (unpaired) electrons. The van der Waals surface area contributed by atoms with Crippen LogP contribution in [-0.2, 0) is 6.42 Å². The fraction of sp³-hybridized carbons (Fsp3) is 0.188. The van der Waals surface area contributed by atoms with Crippen LogP contribution < -0.4 is 4.74 Å². The van der Waals surface area contributed by atoms with Crippen LogP contribution in [0.5, 0.6) is 11.5 Å². The predicted molar refractivity (Wildman–Crippen MR) is 74.6 cm³/mol. The van der Waals surface area contributed by atoms with Gasteiger partial charge in [0.25, 0.3) is 0 Å². The largest absolute Gasteiger partial charge is 0.457 e. The summed E-state index contributed by atoms with van der Waals surface area (Å²) < 4.78 is 11.4. The van der Waals surface area contributed by atoms with E-state index in [2.05, 4.69) is 24.0 Å². The lowest BCUT2D eigenvalue weighted by atomic mass is 10.2. The first kappa shape index (κ1) is 11.8. The number of hydrogen-bond acceptors (Lipinski definition) is 3. The van der Waals surface area contributed by atoms with Gasteiger partial charge in [-0.05, 0) is 36.2 Å². The molecule has 0 aliphatic heterocycles. The molecule has 0 bridgehead atoms. The minimum atomic E-state index is 0.667. The Morgan fingerprint density at radius 2 is 1.95 bits per heavy atom. The van der Waals surface area contributed by atoms with E-state index in [9.17, 15) is 0 Å². The number of fused-ring (bicyclic) bond motifs is 1. The molecule has 0 atom stereocenters. The Balaban J connectivity index is 1.91. The molecule has 0 fully saturated rings. The van der Waals surface area contributed by atoms with Crippen molar-refractivity contribution in [1.29, 1.82) is 0 Å². The molecular formula is C16H15NO2. The minimum Gasteiger partial charge on any atom is -0.457 e. The maximum absolute atomic E-state index is 5.85. The predicted octanol–water partition coefficient (Wildman–Crippen LogP) is 4.49. The smallest absolute Gasteiger partial charge is 0.192 e. The third-order valence-electron chi connectivity index (χ3n) is 3.01. The molecule has 0 aliphatic rings. The van der Waals surface area contributed by atoms with Crippen molar-refractivity contribution in [3.63, 3.8) is 0 Å². The van der Waals surface area contributed by atoms with Gasteiger partial charge in [-0.3, -0.25) is 0 Å². The van der Waals surface area contributed by atoms with E-state index in [1.807, 2.05) is 37.3 Å². The van der Waals surface area contributed by atoms with E-state index in [1.54, 1.807) is 0 Å². The summed E-state index contributed by atoms with van der Waals surface area (Å²) in [5.74, 6) is 2.27. The van der Waals surface area contributed by atoms with Gasteiger partial charge in [0, 0.05) is 13.0 Å². The Labute approximate surface area is 111 Å². The van der Waals surface area contributed by atoms with E-state index in [-0.39, 0.29) is 0 Å². The van der Waals surface area contributed by atoms with E-state index >= 15 is 0 Å². The molecule has 3 rings (SSSR count). The summed E-state index contributed by atoms with van der Waals surface area (Å²) in [7, 11) is 0. The molecular weight excluding hydrogens is 238 g/mol. The zero-order valence-electron chi connectivity index (χ0n) is 11.0. The van der Waals surface area contributed by atoms with Gasteiger partial charge in [0.05, 0.1) is 0 Å². The summed E-state index contributed by atoms with van der Waals surface area (Å²) in [5.41, 5.74) is 2.86. The van der Waals surface area contributed by atoms with E-state index in [4.69, 9.17) is 9.15 Å². The molecule has 0 N–H and O–H groups in total. The maximum Gasteiger partial charge on any atom is 0.192 e. The Kier molecular flexibility index (Phi) is 2.95. The Morgan fingerprint density at radius 1 is 1.11 bits per heavy atom. The number of aryl methyl sites for hydroxylation is 2. The van der Waals surface area contributed by atoms with Crippen molar-refractivity contribution >= 4 is 11.1 Å². The van der Waals surface area contributed by atoms with Gasteiger partial charge < -0.3 is 9.15 Å². The lowest BCUT2D eigenvalue weighted by molar-refractivity contribution is 0.480. The molecule has 3 heteroatoms. The number of oxazole rings is 1. The van der Waals surface area contributed by atoms with Gasteiger partial charge in [-0.1, -0.05) is 19.1 Å². The van der Waals surface area contributed by atoms with Gasteiger partial charge in [0.15, 0.2) is 11.5 Å². The van der Waals surface area contributed by atoms with Crippen LogP contribution in [-0.4, -0.2) is 4.98 Å². The Morgan fingerprint density at radius 3 is 2.79 bits per heavy atom. The molecule has 0 amide bonds. The molecule has 0 saturated heterocycles. The second kappa shape index (κ2) is 4.76. The van der Waals surface area contributed by atoms with Crippen molar-refractivity contribution < 1.29 is 9.15 Å². The van der Waals surface area contributed by atoms with Gasteiger partial charge in [-0.15, -0.1) is 0 Å². The first-order chi connectivity index (χ1) is 9.24. The molecule has 0 saturated carbocycles. The average Bonchev–Trinajstić information content (AvgIpc) is 2.78. The fourth-order valence-electron chi connectivity index (χ4n) is 2.05. The van der Waals surface area contributed by atoms with Crippen molar-refractivity contribution in [1.82, 2.24) is 4.98 Å². The summed E-state index contributed by atoms with van der Waals surface area (Å²) in [4.78, 5) is 4.27. The first-order valence-electron chi connectivity index (χ1n) is 6.38. The normalized spacial score (nSPS) is 10.8. The lowest BCUT2D eigenvalue weighted by Crippen LogP contribution is -1.86. The number of aromatic nitrogens is 1. The van der Waals surface area contributed by atoms with Crippen LogP contribution in [0.25, 0.3) is 11.1 Å². The van der Waals surface area contributed by atoms with Crippen LogP contribution >= 0.6 is 0 Å². The van der Waals surface area contributed by atoms with Crippen molar-refractivity contribution in [2.24, 2.45) is 0 Å². The molecule has 1 heterocycles. The topological polar surface area (TPSA) is 35.3 Å². The highest BCUT2D eigenvalue weighted by atomic mass is 16.5. The third kappa shape index (κ3) is 2.45. The molecule has 19 heavy (non-hydrogen) atoms. The van der Waals surface area contributed by atoms with Crippen LogP contribution in [0.2, 0.25) is 0 Å². The maximum atomic E-state index is 5.85. The van der Waals surface area contributed by atoms with Crippen molar-refractivity contribution in [3.8, 4) is 11.5 Å². The SMILES string of the molecule is CCc1cccc(Oc2ccc3nc(C)oc3c2)c1. The quantitative estimate of drug-likeness (QED) is 0.689. The summed E-state index contributed by atoms with van der Waals surface area (Å²) in [6.07, 6.45) is 0.998. The van der Waals surface area contributed by atoms with Crippen LogP contribution in [0.3, 0.4) is 0 Å². The van der Waals surface area contributed by atoms with Crippen molar-refractivity contribution in [2.75, 3.05) is 0 Å². The van der Waals surface area contributed by atoms with E-state index in [0.717, 1.165) is 29.0 Å². The van der Waals surface area contributed by atoms with Crippen LogP contribution in [0.15, 0.2) is 46.9 Å². The zero-order valence-corrected chi connectivity index (χ0v) is 11.0. The van der Waals surface area contributed by atoms with Crippen molar-refractivity contribution in [2.45, 2.75) is 20.3 Å². The zero-order chi connectivity index (χ0) is 13.2. The van der Waals surface area contributed by atoms with Gasteiger partial charge in [-0.25, -0.2) is 4.98 Å². The lowest BCUT2D eigenvalue weighted by Gasteiger charge is -2.06. The molecule has 0 aliphatic carbocycles. The first-order valence-corrected chi connectivity index (χ1v) is 6.38. The Hall–Kier alpha value is -2.29. The molecule has 3 nitrogen and oxygen atoms in total. The number of rotatable bonds is 3. The highest BCUT2D eigenvalue weighted by Crippen LogP contribution is 2.26. The van der Waals surface area contributed by atoms with Gasteiger partial charge >= 0.3 is 0 Å². The number of benzene rings is 2. The number of hydrogen-bond donors (Lipinski definition) is 0. The molecule has 3 aromatic rings. The van der Waals surface area contributed by atoms with Crippen LogP contribution in [0.4, 0.5) is 0 Å². The van der Waals surface area contributed by atoms with Crippen LogP contribution in [0.1, 0.15) is 18.4 Å². The summed E-state index contributed by atoms with van der Waals surface area (Å²) >= 11 is 0. The number of ether oxygens (including phenoxy) is 1. The molecule has 2 aromatic carbocycles. The monoisotopic (exact) mass is 253 g/mol. The summed E-state index contributed by atoms with van der Waals surface area (Å²) in [6, 6.07) is 13.8. The summed E-state index contributed by atoms with van der Waals surface area (Å²) in [6.45, 7) is 3.97. The summed E-state index contributed by atoms with van der Waals surface area (Å²) in [5, 5.41) is 0. The van der Waals surface area contributed by atoms with Crippen LogP contribution in [0, 0.1) is 6.92 Å². The average molecular weight is 253 g/mol. The van der Waals surface area contributed by atoms with Gasteiger partial charge in [-0.2, -0.15) is 0 Å². The second-order valence-electron chi connectivity index (χ2n) is 4.47. The minimum absolute atomic E-state index is 0.667.